The molecule has 0 radical (unpaired) electrons. The van der Waals surface area contributed by atoms with Gasteiger partial charge < -0.3 is 15.1 Å². The molecule has 0 aromatic carbocycles. The number of hydrogen-bond donors (Lipinski definition) is 3. The zero-order valence-corrected chi connectivity index (χ0v) is 14.3. The zero-order chi connectivity index (χ0) is 17.6. The molecule has 2 aliphatic rings. The van der Waals surface area contributed by atoms with E-state index >= 15 is 0 Å². The first-order valence-electron chi connectivity index (χ1n) is 8.78. The van der Waals surface area contributed by atoms with Crippen molar-refractivity contribution in [1.82, 2.24) is 24.9 Å². The number of aromatic amines is 1. The molecule has 0 spiro atoms. The molecule has 2 aromatic rings. The van der Waals surface area contributed by atoms with Crippen molar-refractivity contribution < 1.29 is 15.0 Å². The van der Waals surface area contributed by atoms with Crippen LogP contribution < -0.4 is 0 Å². The van der Waals surface area contributed by atoms with E-state index in [1.807, 2.05) is 16.5 Å². The third-order valence-corrected chi connectivity index (χ3v) is 4.99. The van der Waals surface area contributed by atoms with Gasteiger partial charge in [-0.1, -0.05) is 0 Å². The van der Waals surface area contributed by atoms with E-state index in [-0.39, 0.29) is 12.5 Å². The fourth-order valence-electron chi connectivity index (χ4n) is 3.44. The number of hydrogen-bond acceptors (Lipinski definition) is 5. The number of aryl methyl sites for hydroxylation is 2. The topological polar surface area (TPSA) is 107 Å². The summed E-state index contributed by atoms with van der Waals surface area (Å²) in [6, 6.07) is 1.77. The number of nitrogens with zero attached hydrogens (tertiary/aromatic N) is 4. The quantitative estimate of drug-likeness (QED) is 0.762. The Balaban J connectivity index is 1.60. The van der Waals surface area contributed by atoms with E-state index in [0.717, 1.165) is 36.3 Å². The molecule has 8 heteroatoms. The number of amides is 1. The molecule has 134 valence electrons. The van der Waals surface area contributed by atoms with Gasteiger partial charge in [0.25, 0.3) is 5.91 Å². The minimum Gasteiger partial charge on any atom is -0.393 e. The number of aliphatic hydroxyl groups excluding tert-OH is 2. The summed E-state index contributed by atoms with van der Waals surface area (Å²) in [6.45, 7) is 3.33. The van der Waals surface area contributed by atoms with Crippen LogP contribution in [0.3, 0.4) is 0 Å². The van der Waals surface area contributed by atoms with Crippen LogP contribution in [0, 0.1) is 6.92 Å². The van der Waals surface area contributed by atoms with E-state index in [4.69, 9.17) is 5.11 Å². The minimum atomic E-state index is -0.985. The standard InChI is InChI=1S/C17H23N5O3/c1-10-15(16(19-18-10)11-3-4-11)17(25)21-5-2-6-22-12(8-21)7-13(20-22)14(24)9-23/h7,11,14,23-24H,2-6,8-9H2,1H3,(H,18,19). The van der Waals surface area contributed by atoms with Gasteiger partial charge in [0.1, 0.15) is 6.10 Å². The van der Waals surface area contributed by atoms with Crippen molar-refractivity contribution in [3.05, 3.63) is 34.4 Å². The summed E-state index contributed by atoms with van der Waals surface area (Å²) in [5.74, 6) is 0.416. The lowest BCUT2D eigenvalue weighted by molar-refractivity contribution is 0.0743. The predicted molar refractivity (Wildman–Crippen MR) is 88.9 cm³/mol. The predicted octanol–water partition coefficient (Wildman–Crippen LogP) is 0.864. The van der Waals surface area contributed by atoms with Crippen LogP contribution >= 0.6 is 0 Å². The molecule has 1 atom stereocenters. The van der Waals surface area contributed by atoms with Gasteiger partial charge in [-0.2, -0.15) is 10.2 Å². The number of rotatable bonds is 4. The van der Waals surface area contributed by atoms with Crippen molar-refractivity contribution >= 4 is 5.91 Å². The Morgan fingerprint density at radius 1 is 1.44 bits per heavy atom. The second-order valence-corrected chi connectivity index (χ2v) is 6.95. The SMILES string of the molecule is Cc1[nH]nc(C2CC2)c1C(=O)N1CCCn2nc(C(O)CO)cc2C1. The molecule has 4 rings (SSSR count). The van der Waals surface area contributed by atoms with Gasteiger partial charge in [-0.05, 0) is 32.3 Å². The van der Waals surface area contributed by atoms with E-state index in [0.29, 0.717) is 36.8 Å². The lowest BCUT2D eigenvalue weighted by Gasteiger charge is -2.20. The Morgan fingerprint density at radius 2 is 2.24 bits per heavy atom. The van der Waals surface area contributed by atoms with Gasteiger partial charge in [0.05, 0.1) is 35.8 Å². The molecule has 1 aliphatic carbocycles. The molecule has 3 heterocycles. The van der Waals surface area contributed by atoms with Crippen molar-refractivity contribution in [2.24, 2.45) is 0 Å². The van der Waals surface area contributed by atoms with Gasteiger partial charge in [-0.3, -0.25) is 14.6 Å². The highest BCUT2D eigenvalue weighted by Crippen LogP contribution is 2.41. The normalized spacial score (nSPS) is 18.8. The summed E-state index contributed by atoms with van der Waals surface area (Å²) in [7, 11) is 0. The lowest BCUT2D eigenvalue weighted by atomic mass is 10.1. The molecule has 3 N–H and O–H groups in total. The summed E-state index contributed by atoms with van der Waals surface area (Å²) in [5, 5.41) is 30.6. The first kappa shape index (κ1) is 16.3. The number of nitrogens with one attached hydrogen (secondary N) is 1. The number of aromatic nitrogens is 4. The van der Waals surface area contributed by atoms with Crippen molar-refractivity contribution in [3.63, 3.8) is 0 Å². The first-order chi connectivity index (χ1) is 12.1. The molecule has 1 aliphatic heterocycles. The van der Waals surface area contributed by atoms with Crippen LogP contribution in [0.1, 0.15) is 64.4 Å². The molecular formula is C17H23N5O3. The Morgan fingerprint density at radius 3 is 2.96 bits per heavy atom. The summed E-state index contributed by atoms with van der Waals surface area (Å²) >= 11 is 0. The third-order valence-electron chi connectivity index (χ3n) is 4.99. The number of carbonyl (C=O) groups excluding carboxylic acids is 1. The van der Waals surface area contributed by atoms with E-state index in [2.05, 4.69) is 15.3 Å². The molecule has 0 saturated heterocycles. The van der Waals surface area contributed by atoms with Gasteiger partial charge in [0, 0.05) is 24.7 Å². The maximum Gasteiger partial charge on any atom is 0.257 e. The Labute approximate surface area is 145 Å². The second-order valence-electron chi connectivity index (χ2n) is 6.95. The van der Waals surface area contributed by atoms with Crippen molar-refractivity contribution in [3.8, 4) is 0 Å². The number of aliphatic hydroxyl groups is 2. The van der Waals surface area contributed by atoms with Crippen LogP contribution in [0.2, 0.25) is 0 Å². The molecule has 1 saturated carbocycles. The van der Waals surface area contributed by atoms with Gasteiger partial charge in [-0.25, -0.2) is 0 Å². The van der Waals surface area contributed by atoms with Crippen molar-refractivity contribution in [1.29, 1.82) is 0 Å². The number of H-pyrrole nitrogens is 1. The van der Waals surface area contributed by atoms with Crippen molar-refractivity contribution in [2.75, 3.05) is 13.2 Å². The van der Waals surface area contributed by atoms with Crippen LogP contribution in [-0.4, -0.2) is 54.1 Å². The number of fused-ring (bicyclic) bond motifs is 1. The molecule has 1 unspecified atom stereocenters. The smallest absolute Gasteiger partial charge is 0.257 e. The molecule has 2 aromatic heterocycles. The van der Waals surface area contributed by atoms with E-state index < -0.39 is 6.10 Å². The molecule has 1 amide bonds. The van der Waals surface area contributed by atoms with E-state index in [1.54, 1.807) is 6.07 Å². The second kappa shape index (κ2) is 6.27. The third kappa shape index (κ3) is 2.96. The molecular weight excluding hydrogens is 322 g/mol. The van der Waals surface area contributed by atoms with Crippen LogP contribution in [0.4, 0.5) is 0 Å². The summed E-state index contributed by atoms with van der Waals surface area (Å²) < 4.78 is 1.82. The highest BCUT2D eigenvalue weighted by molar-refractivity contribution is 5.96. The minimum absolute atomic E-state index is 0.00653. The fourth-order valence-corrected chi connectivity index (χ4v) is 3.44. The van der Waals surface area contributed by atoms with Crippen LogP contribution in [0.5, 0.6) is 0 Å². The van der Waals surface area contributed by atoms with Crippen LogP contribution in [-0.2, 0) is 13.1 Å². The average molecular weight is 345 g/mol. The van der Waals surface area contributed by atoms with Crippen LogP contribution in [0.25, 0.3) is 0 Å². The largest absolute Gasteiger partial charge is 0.393 e. The molecule has 0 bridgehead atoms. The lowest BCUT2D eigenvalue weighted by Crippen LogP contribution is -2.31. The monoisotopic (exact) mass is 345 g/mol. The van der Waals surface area contributed by atoms with E-state index in [1.165, 1.54) is 0 Å². The van der Waals surface area contributed by atoms with E-state index in [9.17, 15) is 9.90 Å². The highest BCUT2D eigenvalue weighted by Gasteiger charge is 2.34. The highest BCUT2D eigenvalue weighted by atomic mass is 16.3. The van der Waals surface area contributed by atoms with Crippen LogP contribution in [0.15, 0.2) is 6.07 Å². The Bertz CT molecular complexity index is 792. The number of carbonyl (C=O) groups is 1. The maximum atomic E-state index is 13.1. The van der Waals surface area contributed by atoms with Gasteiger partial charge in [0.2, 0.25) is 0 Å². The van der Waals surface area contributed by atoms with Gasteiger partial charge in [-0.15, -0.1) is 0 Å². The first-order valence-corrected chi connectivity index (χ1v) is 8.78. The Hall–Kier alpha value is -2.19. The summed E-state index contributed by atoms with van der Waals surface area (Å²) in [4.78, 5) is 15.0. The maximum absolute atomic E-state index is 13.1. The molecule has 25 heavy (non-hydrogen) atoms. The summed E-state index contributed by atoms with van der Waals surface area (Å²) in [6.07, 6.45) is 2.01. The summed E-state index contributed by atoms with van der Waals surface area (Å²) in [5.41, 5.74) is 3.76. The zero-order valence-electron chi connectivity index (χ0n) is 14.3. The van der Waals surface area contributed by atoms with Gasteiger partial charge in [0.15, 0.2) is 0 Å². The molecule has 1 fully saturated rings. The molecule has 8 nitrogen and oxygen atoms in total. The fraction of sp³-hybridized carbons (Fsp3) is 0.588. The van der Waals surface area contributed by atoms with Gasteiger partial charge >= 0.3 is 0 Å². The van der Waals surface area contributed by atoms with Crippen molar-refractivity contribution in [2.45, 2.75) is 51.3 Å². The Kier molecular flexibility index (Phi) is 4.09. The average Bonchev–Trinajstić information content (AvgIpc) is 3.32.